The van der Waals surface area contributed by atoms with Crippen molar-refractivity contribution in [2.75, 3.05) is 0 Å². The first-order valence-corrected chi connectivity index (χ1v) is 20.4. The molecule has 5 fully saturated rings. The van der Waals surface area contributed by atoms with E-state index in [0.29, 0.717) is 21.7 Å². The van der Waals surface area contributed by atoms with Crippen LogP contribution >= 0.6 is 0 Å². The standard InChI is InChI=1S/C30H54.C14H28/c1-20(2)9-8-10-23(5)26-13-14-27-25-12-11-24-18-21(3)17-22(4)19-30(24,7)28(25)15-16-29(26,27)6;1-10(2)12-8-9-14(7,11(3)4)13(12,5)6/h20-28H,8-19H2,1-7H3;10-12H,8-9H2,1-7H3/t21?,22?,23-,24+,25?,26?,27+,28+,29?,30?;12-,14+/m10/s1. The third-order valence-electron chi connectivity index (χ3n) is 17.0. The Morgan fingerprint density at radius 3 is 1.84 bits per heavy atom. The fourth-order valence-corrected chi connectivity index (χ4v) is 14.1. The lowest BCUT2D eigenvalue weighted by molar-refractivity contribution is -0.107. The van der Waals surface area contributed by atoms with Crippen molar-refractivity contribution in [1.29, 1.82) is 0 Å². The molecule has 0 spiro atoms. The molecule has 0 heterocycles. The van der Waals surface area contributed by atoms with Crippen LogP contribution in [0.25, 0.3) is 0 Å². The average Bonchev–Trinajstić information content (AvgIpc) is 3.34. The van der Waals surface area contributed by atoms with Crippen molar-refractivity contribution in [3.05, 3.63) is 0 Å². The summed E-state index contributed by atoms with van der Waals surface area (Å²) in [4.78, 5) is 0. The van der Waals surface area contributed by atoms with Crippen LogP contribution in [0.3, 0.4) is 0 Å². The lowest BCUT2D eigenvalue weighted by atomic mass is 9.45. The maximum absolute atomic E-state index is 2.77. The van der Waals surface area contributed by atoms with E-state index in [4.69, 9.17) is 0 Å². The first-order valence-electron chi connectivity index (χ1n) is 20.4. The first-order chi connectivity index (χ1) is 20.4. The van der Waals surface area contributed by atoms with Crippen LogP contribution in [0.15, 0.2) is 0 Å². The highest BCUT2D eigenvalue weighted by Gasteiger charge is 2.60. The van der Waals surface area contributed by atoms with Gasteiger partial charge in [0.05, 0.1) is 0 Å². The van der Waals surface area contributed by atoms with Gasteiger partial charge in [0, 0.05) is 0 Å². The van der Waals surface area contributed by atoms with E-state index >= 15 is 0 Å². The molecule has 5 aliphatic carbocycles. The second kappa shape index (κ2) is 13.9. The monoisotopic (exact) mass is 611 g/mol. The number of rotatable bonds is 7. The Kier molecular flexibility index (Phi) is 11.6. The summed E-state index contributed by atoms with van der Waals surface area (Å²) in [6.45, 7) is 35.1. The van der Waals surface area contributed by atoms with E-state index in [9.17, 15) is 0 Å². The first kappa shape index (κ1) is 36.8. The van der Waals surface area contributed by atoms with E-state index in [2.05, 4.69) is 96.9 Å². The third kappa shape index (κ3) is 6.79. The lowest BCUT2D eigenvalue weighted by Crippen LogP contribution is -2.52. The molecule has 5 rings (SSSR count). The van der Waals surface area contributed by atoms with Crippen molar-refractivity contribution in [3.8, 4) is 0 Å². The third-order valence-corrected chi connectivity index (χ3v) is 17.0. The molecule has 12 atom stereocenters. The SMILES string of the molecule is CC(C)CCC[C@@H](C)C1CC[C@H]2C3CC[C@H]4CC(C)CC(C)CC4(C)[C@H]3CCC12C.CC(C)[C@@H]1CC[C@](C)(C(C)C)C1(C)C. The predicted octanol–water partition coefficient (Wildman–Crippen LogP) is 14.1. The largest absolute Gasteiger partial charge is 0.0628 e. The van der Waals surface area contributed by atoms with E-state index in [1.807, 2.05) is 0 Å². The Morgan fingerprint density at radius 2 is 1.27 bits per heavy atom. The zero-order valence-corrected chi connectivity index (χ0v) is 32.8. The molecule has 0 aliphatic heterocycles. The molecule has 0 bridgehead atoms. The Balaban J connectivity index is 0.000000265. The van der Waals surface area contributed by atoms with Crippen molar-refractivity contribution in [2.24, 2.45) is 92.7 Å². The van der Waals surface area contributed by atoms with Crippen LogP contribution in [0.5, 0.6) is 0 Å². The molecule has 5 saturated carbocycles. The zero-order chi connectivity index (χ0) is 32.8. The molecule has 0 aromatic heterocycles. The maximum Gasteiger partial charge on any atom is -0.0249 e. The molecule has 0 aromatic carbocycles. The Hall–Kier alpha value is 0. The normalized spacial score (nSPS) is 45.8. The summed E-state index contributed by atoms with van der Waals surface area (Å²) >= 11 is 0. The van der Waals surface area contributed by atoms with E-state index in [-0.39, 0.29) is 0 Å². The molecule has 0 saturated heterocycles. The van der Waals surface area contributed by atoms with Crippen molar-refractivity contribution >= 4 is 0 Å². The van der Waals surface area contributed by atoms with Crippen LogP contribution in [0.4, 0.5) is 0 Å². The highest BCUT2D eigenvalue weighted by atomic mass is 14.6. The molecule has 5 aliphatic rings. The van der Waals surface area contributed by atoms with E-state index in [1.165, 1.54) is 51.4 Å². The molecule has 6 unspecified atom stereocenters. The minimum absolute atomic E-state index is 0.509. The number of fused-ring (bicyclic) bond motifs is 5. The summed E-state index contributed by atoms with van der Waals surface area (Å²) < 4.78 is 0. The molecule has 44 heavy (non-hydrogen) atoms. The number of hydrogen-bond donors (Lipinski definition) is 0. The minimum Gasteiger partial charge on any atom is -0.0628 e. The molecule has 258 valence electrons. The van der Waals surface area contributed by atoms with Crippen LogP contribution in [0.2, 0.25) is 0 Å². The predicted molar refractivity (Wildman–Crippen MR) is 196 cm³/mol. The van der Waals surface area contributed by atoms with Crippen LogP contribution in [-0.4, -0.2) is 0 Å². The molecule has 0 amide bonds. The van der Waals surface area contributed by atoms with Crippen molar-refractivity contribution < 1.29 is 0 Å². The Bertz CT molecular complexity index is 909. The molecule has 0 aromatic rings. The van der Waals surface area contributed by atoms with Crippen molar-refractivity contribution in [2.45, 2.75) is 187 Å². The second-order valence-corrected chi connectivity index (χ2v) is 20.8. The fourth-order valence-electron chi connectivity index (χ4n) is 14.1. The van der Waals surface area contributed by atoms with Crippen molar-refractivity contribution in [3.63, 3.8) is 0 Å². The van der Waals surface area contributed by atoms with Gasteiger partial charge in [-0.2, -0.15) is 0 Å². The molecule has 0 N–H and O–H groups in total. The van der Waals surface area contributed by atoms with Gasteiger partial charge < -0.3 is 0 Å². The van der Waals surface area contributed by atoms with E-state index in [0.717, 1.165) is 71.0 Å². The van der Waals surface area contributed by atoms with E-state index in [1.54, 1.807) is 38.5 Å². The molecular formula is C44H82. The van der Waals surface area contributed by atoms with Gasteiger partial charge in [0.15, 0.2) is 0 Å². The van der Waals surface area contributed by atoms with Gasteiger partial charge in [0.25, 0.3) is 0 Å². The van der Waals surface area contributed by atoms with Crippen LogP contribution in [-0.2, 0) is 0 Å². The summed E-state index contributed by atoms with van der Waals surface area (Å²) in [5.41, 5.74) is 2.36. The lowest BCUT2D eigenvalue weighted by Gasteiger charge is -2.60. The highest BCUT2D eigenvalue weighted by Crippen LogP contribution is 2.68. The second-order valence-electron chi connectivity index (χ2n) is 20.8. The summed E-state index contributed by atoms with van der Waals surface area (Å²) in [6.07, 6.45) is 21.1. The number of hydrogen-bond acceptors (Lipinski definition) is 0. The topological polar surface area (TPSA) is 0 Å². The summed E-state index contributed by atoms with van der Waals surface area (Å²) in [7, 11) is 0. The molecule has 0 nitrogen and oxygen atoms in total. The van der Waals surface area contributed by atoms with Crippen LogP contribution < -0.4 is 0 Å². The highest BCUT2D eigenvalue weighted by molar-refractivity contribution is 5.09. The smallest absolute Gasteiger partial charge is 0.0249 e. The van der Waals surface area contributed by atoms with Crippen molar-refractivity contribution in [1.82, 2.24) is 0 Å². The van der Waals surface area contributed by atoms with Gasteiger partial charge >= 0.3 is 0 Å². The Morgan fingerprint density at radius 1 is 0.614 bits per heavy atom. The Labute approximate surface area is 278 Å². The summed E-state index contributed by atoms with van der Waals surface area (Å²) in [5, 5.41) is 0. The van der Waals surface area contributed by atoms with Crippen LogP contribution in [0.1, 0.15) is 187 Å². The van der Waals surface area contributed by atoms with Gasteiger partial charge in [0.2, 0.25) is 0 Å². The molecule has 0 heteroatoms. The average molecular weight is 611 g/mol. The fraction of sp³-hybridized carbons (Fsp3) is 1.00. The summed E-state index contributed by atoms with van der Waals surface area (Å²) in [6, 6.07) is 0. The van der Waals surface area contributed by atoms with Gasteiger partial charge in [0.1, 0.15) is 0 Å². The quantitative estimate of drug-likeness (QED) is 0.269. The summed E-state index contributed by atoms with van der Waals surface area (Å²) in [5.74, 6) is 11.4. The minimum atomic E-state index is 0.509. The van der Waals surface area contributed by atoms with Gasteiger partial charge in [-0.15, -0.1) is 0 Å². The van der Waals surface area contributed by atoms with Gasteiger partial charge in [-0.25, -0.2) is 0 Å². The van der Waals surface area contributed by atoms with E-state index < -0.39 is 0 Å². The van der Waals surface area contributed by atoms with Gasteiger partial charge in [-0.05, 0) is 163 Å². The molecular weight excluding hydrogens is 528 g/mol. The molecule has 0 radical (unpaired) electrons. The zero-order valence-electron chi connectivity index (χ0n) is 32.8. The van der Waals surface area contributed by atoms with Gasteiger partial charge in [-0.3, -0.25) is 0 Å². The maximum atomic E-state index is 2.77. The van der Waals surface area contributed by atoms with Crippen LogP contribution in [0, 0.1) is 92.7 Å². The van der Waals surface area contributed by atoms with Gasteiger partial charge in [-0.1, -0.05) is 116 Å².